The van der Waals surface area contributed by atoms with E-state index in [4.69, 9.17) is 0 Å². The van der Waals surface area contributed by atoms with Crippen LogP contribution in [0.15, 0.2) is 35.3 Å². The molecule has 174 valence electrons. The zero-order valence-corrected chi connectivity index (χ0v) is 21.9. The van der Waals surface area contributed by atoms with Crippen LogP contribution in [0.2, 0.25) is 0 Å². The van der Waals surface area contributed by atoms with Gasteiger partial charge in [-0.25, -0.2) is 0 Å². The zero-order valence-electron chi connectivity index (χ0n) is 19.6. The molecule has 1 saturated carbocycles. The molecule has 0 spiro atoms. The summed E-state index contributed by atoms with van der Waals surface area (Å²) in [6.07, 6.45) is 6.37. The van der Waals surface area contributed by atoms with Gasteiger partial charge in [0.05, 0.1) is 5.41 Å². The number of hydrogen-bond donors (Lipinski definition) is 2. The Morgan fingerprint density at radius 1 is 1.23 bits per heavy atom. The monoisotopic (exact) mass is 541 g/mol. The van der Waals surface area contributed by atoms with Gasteiger partial charge in [0.1, 0.15) is 0 Å². The molecular formula is C24H40IN5O. The maximum Gasteiger partial charge on any atom is 0.230 e. The summed E-state index contributed by atoms with van der Waals surface area (Å²) in [5.74, 6) is 1.06. The number of guanidine groups is 1. The van der Waals surface area contributed by atoms with Gasteiger partial charge < -0.3 is 15.5 Å². The van der Waals surface area contributed by atoms with E-state index in [0.29, 0.717) is 18.6 Å². The Bertz CT molecular complexity index is 718. The molecule has 1 aromatic rings. The lowest BCUT2D eigenvalue weighted by atomic mass is 9.84. The lowest BCUT2D eigenvalue weighted by Crippen LogP contribution is -2.53. The molecule has 2 aliphatic rings. The van der Waals surface area contributed by atoms with Crippen LogP contribution in [0.25, 0.3) is 0 Å². The van der Waals surface area contributed by atoms with Gasteiger partial charge in [0.25, 0.3) is 0 Å². The van der Waals surface area contributed by atoms with Gasteiger partial charge in [0.2, 0.25) is 5.91 Å². The summed E-state index contributed by atoms with van der Waals surface area (Å²) in [5.41, 5.74) is 1.09. The van der Waals surface area contributed by atoms with Crippen molar-refractivity contribution in [2.75, 3.05) is 34.2 Å². The van der Waals surface area contributed by atoms with E-state index in [9.17, 15) is 4.79 Å². The second-order valence-corrected chi connectivity index (χ2v) is 9.28. The van der Waals surface area contributed by atoms with Gasteiger partial charge in [-0.05, 0) is 38.2 Å². The number of halogens is 1. The van der Waals surface area contributed by atoms with Gasteiger partial charge in [-0.2, -0.15) is 0 Å². The average Bonchev–Trinajstić information content (AvgIpc) is 3.23. The van der Waals surface area contributed by atoms with Gasteiger partial charge in [0, 0.05) is 52.9 Å². The molecule has 2 N–H and O–H groups in total. The Morgan fingerprint density at radius 2 is 1.90 bits per heavy atom. The number of carbonyl (C=O) groups is 1. The summed E-state index contributed by atoms with van der Waals surface area (Å²) >= 11 is 0. The van der Waals surface area contributed by atoms with E-state index in [1.54, 1.807) is 4.90 Å². The minimum atomic E-state index is -0.284. The SMILES string of the molecule is CN=C(NCC1(C(=O)N(C)C)CCCC1)NC1CCN(Cc2ccccc2)C(C)C1.I. The molecule has 1 aliphatic carbocycles. The van der Waals surface area contributed by atoms with Crippen LogP contribution < -0.4 is 10.6 Å². The van der Waals surface area contributed by atoms with Crippen molar-refractivity contribution >= 4 is 35.8 Å². The summed E-state index contributed by atoms with van der Waals surface area (Å²) in [5, 5.41) is 7.10. The average molecular weight is 542 g/mol. The number of hydrogen-bond acceptors (Lipinski definition) is 3. The molecule has 1 aromatic carbocycles. The second-order valence-electron chi connectivity index (χ2n) is 9.28. The molecule has 1 saturated heterocycles. The van der Waals surface area contributed by atoms with Crippen LogP contribution in [0, 0.1) is 5.41 Å². The van der Waals surface area contributed by atoms with Crippen LogP contribution in [0.3, 0.4) is 0 Å². The number of piperidine rings is 1. The number of rotatable bonds is 6. The van der Waals surface area contributed by atoms with Crippen molar-refractivity contribution < 1.29 is 4.79 Å². The lowest BCUT2D eigenvalue weighted by Gasteiger charge is -2.39. The first-order chi connectivity index (χ1) is 14.4. The Balaban J connectivity index is 0.00000341. The minimum Gasteiger partial charge on any atom is -0.355 e. The van der Waals surface area contributed by atoms with Gasteiger partial charge in [-0.15, -0.1) is 24.0 Å². The van der Waals surface area contributed by atoms with Gasteiger partial charge in [-0.3, -0.25) is 14.7 Å². The normalized spacial score (nSPS) is 23.7. The number of amides is 1. The summed E-state index contributed by atoms with van der Waals surface area (Å²) in [6.45, 7) is 5.06. The van der Waals surface area contributed by atoms with Crippen molar-refractivity contribution in [3.63, 3.8) is 0 Å². The number of benzene rings is 1. The van der Waals surface area contributed by atoms with E-state index in [1.807, 2.05) is 21.1 Å². The highest BCUT2D eigenvalue weighted by Gasteiger charge is 2.42. The number of nitrogens with one attached hydrogen (secondary N) is 2. The lowest BCUT2D eigenvalue weighted by molar-refractivity contribution is -0.138. The largest absolute Gasteiger partial charge is 0.355 e. The van der Waals surface area contributed by atoms with E-state index in [1.165, 1.54) is 5.56 Å². The van der Waals surface area contributed by atoms with Crippen LogP contribution in [-0.2, 0) is 11.3 Å². The molecule has 0 aromatic heterocycles. The fourth-order valence-corrected chi connectivity index (χ4v) is 5.04. The third-order valence-corrected chi connectivity index (χ3v) is 6.82. The summed E-state index contributed by atoms with van der Waals surface area (Å²) in [6, 6.07) is 11.6. The highest BCUT2D eigenvalue weighted by molar-refractivity contribution is 14.0. The predicted molar refractivity (Wildman–Crippen MR) is 139 cm³/mol. The van der Waals surface area contributed by atoms with Gasteiger partial charge >= 0.3 is 0 Å². The van der Waals surface area contributed by atoms with Crippen molar-refractivity contribution in [3.8, 4) is 0 Å². The molecule has 0 radical (unpaired) electrons. The Hall–Kier alpha value is -1.35. The topological polar surface area (TPSA) is 60.0 Å². The maximum atomic E-state index is 12.8. The number of nitrogens with zero attached hydrogens (tertiary/aromatic N) is 3. The maximum absolute atomic E-state index is 12.8. The third kappa shape index (κ3) is 6.81. The highest BCUT2D eigenvalue weighted by atomic mass is 127. The molecular weight excluding hydrogens is 501 g/mol. The molecule has 2 atom stereocenters. The Morgan fingerprint density at radius 3 is 2.48 bits per heavy atom. The molecule has 1 aliphatic heterocycles. The van der Waals surface area contributed by atoms with Crippen LogP contribution in [-0.4, -0.2) is 68.0 Å². The first-order valence-corrected chi connectivity index (χ1v) is 11.4. The molecule has 2 fully saturated rings. The molecule has 0 bridgehead atoms. The zero-order chi connectivity index (χ0) is 21.6. The van der Waals surface area contributed by atoms with Crippen LogP contribution >= 0.6 is 24.0 Å². The van der Waals surface area contributed by atoms with E-state index in [-0.39, 0.29) is 35.3 Å². The smallest absolute Gasteiger partial charge is 0.230 e. The van der Waals surface area contributed by atoms with Gasteiger partial charge in [0.15, 0.2) is 5.96 Å². The molecule has 7 heteroatoms. The van der Waals surface area contributed by atoms with Crippen LogP contribution in [0.4, 0.5) is 0 Å². The van der Waals surface area contributed by atoms with Crippen molar-refractivity contribution in [1.82, 2.24) is 20.4 Å². The van der Waals surface area contributed by atoms with E-state index in [2.05, 4.69) is 57.8 Å². The standard InChI is InChI=1S/C24H39N5O.HI/c1-19-16-21(12-15-29(19)17-20-10-6-5-7-11-20)27-23(25-2)26-18-24(13-8-9-14-24)22(30)28(3)4;/h5-7,10-11,19,21H,8-9,12-18H2,1-4H3,(H2,25,26,27);1H. The van der Waals surface area contributed by atoms with Crippen LogP contribution in [0.1, 0.15) is 51.0 Å². The fraction of sp³-hybridized carbons (Fsp3) is 0.667. The quantitative estimate of drug-likeness (QED) is 0.329. The number of carbonyl (C=O) groups excluding carboxylic acids is 1. The Kier molecular flexibility index (Phi) is 10.1. The molecule has 3 rings (SSSR count). The first kappa shape index (κ1) is 25.9. The predicted octanol–water partition coefficient (Wildman–Crippen LogP) is 3.47. The number of aliphatic imine (C=N–C) groups is 1. The number of likely N-dealkylation sites (tertiary alicyclic amines) is 1. The van der Waals surface area contributed by atoms with E-state index in [0.717, 1.165) is 57.6 Å². The van der Waals surface area contributed by atoms with Crippen molar-refractivity contribution in [2.45, 2.75) is 64.1 Å². The molecule has 1 amide bonds. The van der Waals surface area contributed by atoms with Crippen molar-refractivity contribution in [1.29, 1.82) is 0 Å². The summed E-state index contributed by atoms with van der Waals surface area (Å²) in [4.78, 5) is 21.6. The third-order valence-electron chi connectivity index (χ3n) is 6.82. The molecule has 2 unspecified atom stereocenters. The first-order valence-electron chi connectivity index (χ1n) is 11.4. The van der Waals surface area contributed by atoms with E-state index < -0.39 is 0 Å². The molecule has 31 heavy (non-hydrogen) atoms. The molecule has 1 heterocycles. The fourth-order valence-electron chi connectivity index (χ4n) is 5.04. The van der Waals surface area contributed by atoms with Gasteiger partial charge in [-0.1, -0.05) is 43.2 Å². The molecule has 6 nitrogen and oxygen atoms in total. The minimum absolute atomic E-state index is 0. The second kappa shape index (κ2) is 12.0. The summed E-state index contributed by atoms with van der Waals surface area (Å²) < 4.78 is 0. The van der Waals surface area contributed by atoms with Crippen LogP contribution in [0.5, 0.6) is 0 Å². The van der Waals surface area contributed by atoms with Crippen molar-refractivity contribution in [3.05, 3.63) is 35.9 Å². The van der Waals surface area contributed by atoms with Crippen molar-refractivity contribution in [2.24, 2.45) is 10.4 Å². The summed E-state index contributed by atoms with van der Waals surface area (Å²) in [7, 11) is 5.54. The Labute approximate surface area is 205 Å². The van der Waals surface area contributed by atoms with E-state index >= 15 is 0 Å². The highest BCUT2D eigenvalue weighted by Crippen LogP contribution is 2.38.